The highest BCUT2D eigenvalue weighted by molar-refractivity contribution is 7.99. The second kappa shape index (κ2) is 8.51. The van der Waals surface area contributed by atoms with Crippen LogP contribution < -0.4 is 5.32 Å². The van der Waals surface area contributed by atoms with Crippen LogP contribution in [-0.2, 0) is 16.1 Å². The molecule has 5 nitrogen and oxygen atoms in total. The summed E-state index contributed by atoms with van der Waals surface area (Å²) in [4.78, 5) is 18.1. The van der Waals surface area contributed by atoms with E-state index in [2.05, 4.69) is 14.9 Å². The number of aromatic nitrogens is 2. The molecule has 2 aromatic heterocycles. The summed E-state index contributed by atoms with van der Waals surface area (Å²) in [5, 5.41) is 5.90. The van der Waals surface area contributed by atoms with Crippen molar-refractivity contribution >= 4 is 40.0 Å². The van der Waals surface area contributed by atoms with Crippen LogP contribution in [0.5, 0.6) is 0 Å². The van der Waals surface area contributed by atoms with Crippen molar-refractivity contribution in [1.29, 1.82) is 0 Å². The SMILES string of the molecule is COCCn1c(SCC(=O)NC(C)c2cccs2)nc2ccccc21. The number of nitrogens with one attached hydrogen (secondary N) is 1. The van der Waals surface area contributed by atoms with Gasteiger partial charge in [-0.05, 0) is 30.5 Å². The number of carbonyl (C=O) groups is 1. The molecule has 0 saturated heterocycles. The van der Waals surface area contributed by atoms with Crippen molar-refractivity contribution in [3.8, 4) is 0 Å². The van der Waals surface area contributed by atoms with E-state index in [0.717, 1.165) is 21.1 Å². The molecule has 2 heterocycles. The quantitative estimate of drug-likeness (QED) is 0.610. The van der Waals surface area contributed by atoms with Gasteiger partial charge in [-0.25, -0.2) is 4.98 Å². The maximum atomic E-state index is 12.3. The predicted molar refractivity (Wildman–Crippen MR) is 103 cm³/mol. The van der Waals surface area contributed by atoms with E-state index in [1.54, 1.807) is 18.4 Å². The van der Waals surface area contributed by atoms with Crippen molar-refractivity contribution in [3.63, 3.8) is 0 Å². The van der Waals surface area contributed by atoms with Crippen LogP contribution in [0.1, 0.15) is 17.8 Å². The number of imidazole rings is 1. The van der Waals surface area contributed by atoms with E-state index in [0.29, 0.717) is 18.9 Å². The number of benzene rings is 1. The summed E-state index contributed by atoms with van der Waals surface area (Å²) in [5.41, 5.74) is 2.00. The summed E-state index contributed by atoms with van der Waals surface area (Å²) in [7, 11) is 1.69. The highest BCUT2D eigenvalue weighted by Crippen LogP contribution is 2.24. The number of ether oxygens (including phenoxy) is 1. The Morgan fingerprint density at radius 3 is 2.96 bits per heavy atom. The first-order valence-electron chi connectivity index (χ1n) is 8.09. The fraction of sp³-hybridized carbons (Fsp3) is 0.333. The number of para-hydroxylation sites is 2. The van der Waals surface area contributed by atoms with E-state index in [-0.39, 0.29) is 11.9 Å². The number of hydrogen-bond acceptors (Lipinski definition) is 5. The fourth-order valence-electron chi connectivity index (χ4n) is 2.58. The van der Waals surface area contributed by atoms with E-state index in [4.69, 9.17) is 4.74 Å². The third-order valence-electron chi connectivity index (χ3n) is 3.82. The average molecular weight is 376 g/mol. The van der Waals surface area contributed by atoms with Crippen LogP contribution in [0.15, 0.2) is 46.9 Å². The standard InChI is InChI=1S/C18H21N3O2S2/c1-13(16-8-5-11-24-16)19-17(22)12-25-18-20-14-6-3-4-7-15(14)21(18)9-10-23-2/h3-8,11,13H,9-10,12H2,1-2H3,(H,19,22). The molecule has 0 fully saturated rings. The smallest absolute Gasteiger partial charge is 0.230 e. The van der Waals surface area contributed by atoms with Gasteiger partial charge in [0.25, 0.3) is 0 Å². The van der Waals surface area contributed by atoms with E-state index in [1.807, 2.05) is 48.7 Å². The Bertz CT molecular complexity index is 830. The number of hydrogen-bond donors (Lipinski definition) is 1. The number of fused-ring (bicyclic) bond motifs is 1. The normalized spacial score (nSPS) is 12.4. The third-order valence-corrected chi connectivity index (χ3v) is 5.85. The molecule has 1 unspecified atom stereocenters. The third kappa shape index (κ3) is 4.42. The lowest BCUT2D eigenvalue weighted by Gasteiger charge is -2.12. The molecule has 0 aliphatic rings. The number of carbonyl (C=O) groups excluding carboxylic acids is 1. The summed E-state index contributed by atoms with van der Waals surface area (Å²) in [6.07, 6.45) is 0. The number of nitrogens with zero attached hydrogens (tertiary/aromatic N) is 2. The van der Waals surface area contributed by atoms with E-state index >= 15 is 0 Å². The van der Waals surface area contributed by atoms with Gasteiger partial charge in [0.2, 0.25) is 5.91 Å². The molecular formula is C18H21N3O2S2. The molecule has 1 aromatic carbocycles. The molecule has 0 bridgehead atoms. The maximum Gasteiger partial charge on any atom is 0.230 e. The van der Waals surface area contributed by atoms with Gasteiger partial charge in [-0.15, -0.1) is 11.3 Å². The van der Waals surface area contributed by atoms with Crippen LogP contribution in [0.25, 0.3) is 11.0 Å². The molecule has 3 aromatic rings. The van der Waals surface area contributed by atoms with Crippen molar-refractivity contribution in [2.24, 2.45) is 0 Å². The Morgan fingerprint density at radius 1 is 1.36 bits per heavy atom. The Balaban J connectivity index is 1.66. The second-order valence-corrected chi connectivity index (χ2v) is 7.54. The molecule has 7 heteroatoms. The summed E-state index contributed by atoms with van der Waals surface area (Å²) in [6, 6.07) is 12.1. The van der Waals surface area contributed by atoms with Crippen LogP contribution in [-0.4, -0.2) is 34.9 Å². The molecule has 1 amide bonds. The first-order valence-corrected chi connectivity index (χ1v) is 9.95. The molecule has 132 valence electrons. The van der Waals surface area contributed by atoms with Gasteiger partial charge in [-0.3, -0.25) is 4.79 Å². The predicted octanol–water partition coefficient (Wildman–Crippen LogP) is 3.71. The minimum atomic E-state index is 0.0104. The monoisotopic (exact) mass is 375 g/mol. The van der Waals surface area contributed by atoms with Crippen molar-refractivity contribution < 1.29 is 9.53 Å². The number of methoxy groups -OCH3 is 1. The molecule has 1 atom stereocenters. The van der Waals surface area contributed by atoms with Crippen LogP contribution in [0.2, 0.25) is 0 Å². The summed E-state index contributed by atoms with van der Waals surface area (Å²) in [5.74, 6) is 0.350. The molecule has 25 heavy (non-hydrogen) atoms. The van der Waals surface area contributed by atoms with Gasteiger partial charge < -0.3 is 14.6 Å². The van der Waals surface area contributed by atoms with Gasteiger partial charge in [0.15, 0.2) is 5.16 Å². The highest BCUT2D eigenvalue weighted by atomic mass is 32.2. The van der Waals surface area contributed by atoms with Crippen LogP contribution in [0.3, 0.4) is 0 Å². The number of thioether (sulfide) groups is 1. The topological polar surface area (TPSA) is 56.1 Å². The lowest BCUT2D eigenvalue weighted by molar-refractivity contribution is -0.119. The van der Waals surface area contributed by atoms with E-state index < -0.39 is 0 Å². The van der Waals surface area contributed by atoms with Gasteiger partial charge in [0.1, 0.15) is 0 Å². The average Bonchev–Trinajstić information content (AvgIpc) is 3.26. The fourth-order valence-corrected chi connectivity index (χ4v) is 4.17. The van der Waals surface area contributed by atoms with Crippen molar-refractivity contribution in [2.75, 3.05) is 19.5 Å². The molecule has 0 saturated carbocycles. The molecular weight excluding hydrogens is 354 g/mol. The van der Waals surface area contributed by atoms with Crippen molar-refractivity contribution in [3.05, 3.63) is 46.7 Å². The molecule has 0 spiro atoms. The second-order valence-electron chi connectivity index (χ2n) is 5.62. The summed E-state index contributed by atoms with van der Waals surface area (Å²) < 4.78 is 7.31. The summed E-state index contributed by atoms with van der Waals surface area (Å²) in [6.45, 7) is 3.32. The van der Waals surface area contributed by atoms with Crippen molar-refractivity contribution in [1.82, 2.24) is 14.9 Å². The minimum absolute atomic E-state index is 0.0104. The number of amides is 1. The molecule has 0 aliphatic carbocycles. The number of thiophene rings is 1. The number of rotatable bonds is 8. The zero-order valence-electron chi connectivity index (χ0n) is 14.3. The van der Waals surface area contributed by atoms with Crippen molar-refractivity contribution in [2.45, 2.75) is 24.7 Å². The molecule has 1 N–H and O–H groups in total. The van der Waals surface area contributed by atoms with Gasteiger partial charge in [0, 0.05) is 18.5 Å². The zero-order valence-corrected chi connectivity index (χ0v) is 15.9. The largest absolute Gasteiger partial charge is 0.383 e. The van der Waals surface area contributed by atoms with Crippen LogP contribution in [0.4, 0.5) is 0 Å². The Labute approximate surface area is 155 Å². The van der Waals surface area contributed by atoms with Gasteiger partial charge in [-0.1, -0.05) is 30.0 Å². The summed E-state index contributed by atoms with van der Waals surface area (Å²) >= 11 is 3.11. The minimum Gasteiger partial charge on any atom is -0.383 e. The van der Waals surface area contributed by atoms with Crippen LogP contribution >= 0.6 is 23.1 Å². The Morgan fingerprint density at radius 2 is 2.20 bits per heavy atom. The lowest BCUT2D eigenvalue weighted by Crippen LogP contribution is -2.27. The first-order chi connectivity index (χ1) is 12.2. The van der Waals surface area contributed by atoms with E-state index in [1.165, 1.54) is 11.8 Å². The Hall–Kier alpha value is -1.83. The molecule has 3 rings (SSSR count). The lowest BCUT2D eigenvalue weighted by atomic mass is 10.3. The Kier molecular flexibility index (Phi) is 6.12. The zero-order chi connectivity index (χ0) is 17.6. The van der Waals surface area contributed by atoms with E-state index in [9.17, 15) is 4.79 Å². The van der Waals surface area contributed by atoms with Gasteiger partial charge >= 0.3 is 0 Å². The molecule has 0 aliphatic heterocycles. The maximum absolute atomic E-state index is 12.3. The van der Waals surface area contributed by atoms with Crippen LogP contribution in [0, 0.1) is 0 Å². The highest BCUT2D eigenvalue weighted by Gasteiger charge is 2.14. The molecule has 0 radical (unpaired) electrons. The van der Waals surface area contributed by atoms with Gasteiger partial charge in [-0.2, -0.15) is 0 Å². The first kappa shape index (κ1) is 18.0. The van der Waals surface area contributed by atoms with Gasteiger partial charge in [0.05, 0.1) is 29.4 Å².